The number of furan rings is 1. The minimum absolute atomic E-state index is 0.0668. The molecule has 4 heterocycles. The number of halogens is 1. The molecule has 0 bridgehead atoms. The molecule has 8 nitrogen and oxygen atoms in total. The second kappa shape index (κ2) is 6.38. The number of benzene rings is 1. The van der Waals surface area contributed by atoms with E-state index in [1.165, 1.54) is 24.1 Å². The van der Waals surface area contributed by atoms with E-state index in [0.717, 1.165) is 11.8 Å². The second-order valence-electron chi connectivity index (χ2n) is 7.48. The molecule has 1 aromatic carbocycles. The first kappa shape index (κ1) is 18.3. The Hall–Kier alpha value is -3.75. The Labute approximate surface area is 169 Å². The van der Waals surface area contributed by atoms with Crippen LogP contribution in [0, 0.1) is 5.82 Å². The van der Waals surface area contributed by atoms with Gasteiger partial charge < -0.3 is 14.1 Å². The van der Waals surface area contributed by atoms with E-state index in [1.54, 1.807) is 18.2 Å². The Morgan fingerprint density at radius 3 is 2.83 bits per heavy atom. The summed E-state index contributed by atoms with van der Waals surface area (Å²) in [5, 5.41) is 2.67. The summed E-state index contributed by atoms with van der Waals surface area (Å²) in [5.41, 5.74) is 0.0195. The summed E-state index contributed by atoms with van der Waals surface area (Å²) in [6.45, 7) is 0.219. The van der Waals surface area contributed by atoms with Crippen molar-refractivity contribution in [3.8, 4) is 5.75 Å². The summed E-state index contributed by atoms with van der Waals surface area (Å²) < 4.78 is 24.5. The zero-order valence-corrected chi connectivity index (χ0v) is 15.9. The molecule has 1 fully saturated rings. The number of aromatic nitrogens is 1. The van der Waals surface area contributed by atoms with Crippen molar-refractivity contribution in [2.24, 2.45) is 0 Å². The van der Waals surface area contributed by atoms with E-state index in [0.29, 0.717) is 16.7 Å². The molecule has 152 valence electrons. The first-order valence-electron chi connectivity index (χ1n) is 9.26. The normalized spacial score (nSPS) is 20.7. The van der Waals surface area contributed by atoms with Gasteiger partial charge in [0.25, 0.3) is 5.91 Å². The van der Waals surface area contributed by atoms with Gasteiger partial charge in [0, 0.05) is 24.0 Å². The van der Waals surface area contributed by atoms with Gasteiger partial charge in [0.1, 0.15) is 22.7 Å². The quantitative estimate of drug-likeness (QED) is 0.661. The first-order valence-corrected chi connectivity index (χ1v) is 9.26. The lowest BCUT2D eigenvalue weighted by Gasteiger charge is -2.28. The van der Waals surface area contributed by atoms with Crippen LogP contribution in [0.15, 0.2) is 40.9 Å². The molecule has 0 unspecified atom stereocenters. The average molecular weight is 409 g/mol. The van der Waals surface area contributed by atoms with Crippen LogP contribution in [-0.4, -0.2) is 41.3 Å². The third-order valence-electron chi connectivity index (χ3n) is 5.62. The Bertz CT molecular complexity index is 1240. The van der Waals surface area contributed by atoms with Gasteiger partial charge in [0.15, 0.2) is 0 Å². The van der Waals surface area contributed by atoms with Gasteiger partial charge in [0.05, 0.1) is 19.7 Å². The number of pyridine rings is 1. The monoisotopic (exact) mass is 409 g/mol. The second-order valence-corrected chi connectivity index (χ2v) is 7.48. The fourth-order valence-electron chi connectivity index (χ4n) is 4.11. The molecule has 0 saturated carbocycles. The summed E-state index contributed by atoms with van der Waals surface area (Å²) in [6, 6.07) is 7.95. The highest BCUT2D eigenvalue weighted by molar-refractivity contribution is 6.10. The minimum Gasteiger partial charge on any atom is -0.497 e. The van der Waals surface area contributed by atoms with Crippen LogP contribution in [0.4, 0.5) is 4.39 Å². The van der Waals surface area contributed by atoms with Gasteiger partial charge in [-0.3, -0.25) is 19.7 Å². The van der Waals surface area contributed by atoms with Crippen LogP contribution >= 0.6 is 0 Å². The molecule has 3 aromatic rings. The molecule has 3 amide bonds. The Kier molecular flexibility index (Phi) is 3.89. The van der Waals surface area contributed by atoms with E-state index in [-0.39, 0.29) is 36.9 Å². The Morgan fingerprint density at radius 2 is 2.10 bits per heavy atom. The van der Waals surface area contributed by atoms with Crippen LogP contribution in [-0.2, 0) is 21.5 Å². The fourth-order valence-corrected chi connectivity index (χ4v) is 4.11. The highest BCUT2D eigenvalue weighted by Gasteiger charge is 2.53. The number of amides is 3. The van der Waals surface area contributed by atoms with E-state index >= 15 is 0 Å². The van der Waals surface area contributed by atoms with Crippen LogP contribution in [0.25, 0.3) is 11.1 Å². The molecule has 5 rings (SSSR count). The van der Waals surface area contributed by atoms with Crippen LogP contribution in [0.3, 0.4) is 0 Å². The van der Waals surface area contributed by atoms with Crippen LogP contribution < -0.4 is 10.1 Å². The summed E-state index contributed by atoms with van der Waals surface area (Å²) in [7, 11) is 1.51. The highest BCUT2D eigenvalue weighted by Crippen LogP contribution is 2.39. The predicted molar refractivity (Wildman–Crippen MR) is 101 cm³/mol. The lowest BCUT2D eigenvalue weighted by molar-refractivity contribution is -0.127. The van der Waals surface area contributed by atoms with Gasteiger partial charge in [-0.05, 0) is 29.8 Å². The summed E-state index contributed by atoms with van der Waals surface area (Å²) in [4.78, 5) is 43.4. The number of nitrogens with one attached hydrogen (secondary N) is 1. The van der Waals surface area contributed by atoms with Crippen molar-refractivity contribution >= 4 is 28.8 Å². The van der Waals surface area contributed by atoms with Crippen molar-refractivity contribution in [2.75, 3.05) is 13.7 Å². The maximum absolute atomic E-state index is 13.5. The van der Waals surface area contributed by atoms with Crippen molar-refractivity contribution in [2.45, 2.75) is 18.4 Å². The molecule has 1 saturated heterocycles. The van der Waals surface area contributed by atoms with Crippen LogP contribution in [0.5, 0.6) is 5.75 Å². The molecule has 0 aliphatic carbocycles. The number of carbonyl (C=O) groups is 3. The third kappa shape index (κ3) is 2.66. The number of hydrogen-bond acceptors (Lipinski definition) is 6. The van der Waals surface area contributed by atoms with Crippen molar-refractivity contribution in [1.82, 2.24) is 15.2 Å². The van der Waals surface area contributed by atoms with Gasteiger partial charge in [-0.25, -0.2) is 9.37 Å². The van der Waals surface area contributed by atoms with E-state index in [9.17, 15) is 18.8 Å². The number of hydrogen-bond donors (Lipinski definition) is 1. The number of methoxy groups -OCH3 is 1. The molecular weight excluding hydrogens is 393 g/mol. The molecule has 0 spiro atoms. The molecule has 2 aromatic heterocycles. The highest BCUT2D eigenvalue weighted by atomic mass is 19.1. The van der Waals surface area contributed by atoms with E-state index in [1.807, 2.05) is 0 Å². The average Bonchev–Trinajstić information content (AvgIpc) is 3.36. The smallest absolute Gasteiger partial charge is 0.254 e. The summed E-state index contributed by atoms with van der Waals surface area (Å²) >= 11 is 0. The van der Waals surface area contributed by atoms with Crippen molar-refractivity contribution in [3.05, 3.63) is 59.2 Å². The molecule has 0 radical (unpaired) electrons. The van der Waals surface area contributed by atoms with E-state index in [4.69, 9.17) is 9.15 Å². The lowest BCUT2D eigenvalue weighted by atomic mass is 9.82. The number of carbonyl (C=O) groups excluding carboxylic acids is 3. The minimum atomic E-state index is -1.42. The SMILES string of the molecule is COc1ccc2c(c1)C(=O)N(C[C@@]1(c3cc4cc(F)cnc4o3)CC(=O)NC1=O)C2. The fraction of sp³-hybridized carbons (Fsp3) is 0.238. The first-order chi connectivity index (χ1) is 14.4. The number of rotatable bonds is 4. The molecule has 1 N–H and O–H groups in total. The molecule has 2 aliphatic heterocycles. The number of nitrogens with zero attached hydrogens (tertiary/aromatic N) is 2. The van der Waals surface area contributed by atoms with Gasteiger partial charge in [0.2, 0.25) is 17.5 Å². The molecular formula is C21H16FN3O5. The molecule has 1 atom stereocenters. The maximum atomic E-state index is 13.5. The number of ether oxygens (including phenoxy) is 1. The molecule has 30 heavy (non-hydrogen) atoms. The maximum Gasteiger partial charge on any atom is 0.254 e. The molecule has 2 aliphatic rings. The van der Waals surface area contributed by atoms with Gasteiger partial charge in [-0.1, -0.05) is 6.07 Å². The van der Waals surface area contributed by atoms with Crippen LogP contribution in [0.1, 0.15) is 28.1 Å². The summed E-state index contributed by atoms with van der Waals surface area (Å²) in [5.74, 6) is -1.12. The Morgan fingerprint density at radius 1 is 1.27 bits per heavy atom. The van der Waals surface area contributed by atoms with Gasteiger partial charge >= 0.3 is 0 Å². The van der Waals surface area contributed by atoms with Crippen LogP contribution in [0.2, 0.25) is 0 Å². The number of imide groups is 1. The predicted octanol–water partition coefficient (Wildman–Crippen LogP) is 1.92. The van der Waals surface area contributed by atoms with Gasteiger partial charge in [-0.2, -0.15) is 0 Å². The zero-order chi connectivity index (χ0) is 21.0. The standard InChI is InChI=1S/C21H16FN3O5/c1-29-14-3-2-11-9-25(19(27)15(11)6-14)10-21(7-17(26)24-20(21)28)16-5-12-4-13(22)8-23-18(12)30-16/h2-6,8H,7,9-10H2,1H3,(H,24,26,28)/t21-/m1/s1. The van der Waals surface area contributed by atoms with E-state index < -0.39 is 23.0 Å². The zero-order valence-electron chi connectivity index (χ0n) is 15.9. The summed E-state index contributed by atoms with van der Waals surface area (Å²) in [6.07, 6.45) is 0.827. The molecule has 9 heteroatoms. The lowest BCUT2D eigenvalue weighted by Crippen LogP contribution is -2.46. The van der Waals surface area contributed by atoms with Gasteiger partial charge in [-0.15, -0.1) is 0 Å². The van der Waals surface area contributed by atoms with Crippen molar-refractivity contribution in [1.29, 1.82) is 0 Å². The Balaban J connectivity index is 1.55. The largest absolute Gasteiger partial charge is 0.497 e. The van der Waals surface area contributed by atoms with Crippen molar-refractivity contribution < 1.29 is 27.9 Å². The number of fused-ring (bicyclic) bond motifs is 2. The van der Waals surface area contributed by atoms with E-state index in [2.05, 4.69) is 10.3 Å². The van der Waals surface area contributed by atoms with Crippen molar-refractivity contribution in [3.63, 3.8) is 0 Å². The third-order valence-corrected chi connectivity index (χ3v) is 5.62. The topological polar surface area (TPSA) is 102 Å².